The van der Waals surface area contributed by atoms with Crippen molar-refractivity contribution in [2.75, 3.05) is 39.8 Å². The lowest BCUT2D eigenvalue weighted by Gasteiger charge is -2.42. The number of rotatable bonds is 9. The zero-order chi connectivity index (χ0) is 15.9. The fourth-order valence-corrected chi connectivity index (χ4v) is 3.20. The first-order valence-corrected chi connectivity index (χ1v) is 8.72. The van der Waals surface area contributed by atoms with Crippen LogP contribution in [0.3, 0.4) is 0 Å². The number of nitrogens with one attached hydrogen (secondary N) is 1. The maximum Gasteiger partial charge on any atom is 0.0610 e. The van der Waals surface area contributed by atoms with Crippen molar-refractivity contribution in [3.63, 3.8) is 0 Å². The zero-order valence-electron chi connectivity index (χ0n) is 14.9. The van der Waals surface area contributed by atoms with Gasteiger partial charge in [0.1, 0.15) is 0 Å². The second-order valence-electron chi connectivity index (χ2n) is 7.23. The van der Waals surface area contributed by atoms with Gasteiger partial charge in [0.25, 0.3) is 0 Å². The lowest BCUT2D eigenvalue weighted by Crippen LogP contribution is -2.55. The van der Waals surface area contributed by atoms with Crippen LogP contribution in [0.15, 0.2) is 0 Å². The van der Waals surface area contributed by atoms with Crippen LogP contribution in [-0.2, 0) is 0 Å². The van der Waals surface area contributed by atoms with Crippen LogP contribution in [0, 0.1) is 0 Å². The second kappa shape index (κ2) is 9.09. The number of hydrogen-bond donors (Lipinski definition) is 2. The minimum absolute atomic E-state index is 0.0985. The van der Waals surface area contributed by atoms with E-state index in [1.807, 2.05) is 0 Å². The third-order valence-corrected chi connectivity index (χ3v) is 5.04. The van der Waals surface area contributed by atoms with E-state index in [-0.39, 0.29) is 12.1 Å². The molecular weight excluding hydrogens is 262 g/mol. The minimum atomic E-state index is -0.0985. The Kier molecular flexibility index (Phi) is 8.17. The number of aliphatic hydroxyl groups excluding tert-OH is 1. The molecule has 0 radical (unpaired) electrons. The Hall–Kier alpha value is -0.160. The number of hydrogen-bond acceptors (Lipinski definition) is 4. The molecule has 0 saturated carbocycles. The van der Waals surface area contributed by atoms with E-state index in [1.54, 1.807) is 0 Å². The molecule has 21 heavy (non-hydrogen) atoms. The van der Waals surface area contributed by atoms with E-state index >= 15 is 0 Å². The molecule has 4 heteroatoms. The third-order valence-electron chi connectivity index (χ3n) is 5.04. The quantitative estimate of drug-likeness (QED) is 0.638. The normalized spacial score (nSPS) is 27.7. The average molecular weight is 300 g/mol. The molecule has 0 spiro atoms. The summed E-state index contributed by atoms with van der Waals surface area (Å²) in [6.45, 7) is 13.7. The van der Waals surface area contributed by atoms with Crippen LogP contribution in [0.25, 0.3) is 0 Å². The van der Waals surface area contributed by atoms with Crippen LogP contribution >= 0.6 is 0 Å². The summed E-state index contributed by atoms with van der Waals surface area (Å²) in [5.41, 5.74) is -0.0985. The summed E-state index contributed by atoms with van der Waals surface area (Å²) in [6, 6.07) is 1.31. The maximum atomic E-state index is 9.58. The molecule has 0 aromatic heterocycles. The molecule has 1 rings (SSSR count). The topological polar surface area (TPSA) is 38.7 Å². The minimum Gasteiger partial charge on any atom is -0.394 e. The van der Waals surface area contributed by atoms with Gasteiger partial charge in [-0.25, -0.2) is 0 Å². The van der Waals surface area contributed by atoms with Crippen molar-refractivity contribution in [2.24, 2.45) is 0 Å². The number of aliphatic hydroxyl groups is 1. The van der Waals surface area contributed by atoms with Crippen LogP contribution in [0.5, 0.6) is 0 Å². The van der Waals surface area contributed by atoms with Gasteiger partial charge in [-0.05, 0) is 60.2 Å². The monoisotopic (exact) mass is 299 g/mol. The van der Waals surface area contributed by atoms with E-state index in [2.05, 4.69) is 49.9 Å². The Balaban J connectivity index is 2.24. The predicted octanol–water partition coefficient (Wildman–Crippen LogP) is 1.93. The fourth-order valence-electron chi connectivity index (χ4n) is 3.20. The van der Waals surface area contributed by atoms with Gasteiger partial charge in [-0.2, -0.15) is 0 Å². The summed E-state index contributed by atoms with van der Waals surface area (Å²) in [5.74, 6) is 0. The lowest BCUT2D eigenvalue weighted by atomic mass is 9.95. The molecule has 1 saturated heterocycles. The number of piperazine rings is 1. The van der Waals surface area contributed by atoms with E-state index in [0.717, 1.165) is 19.4 Å². The maximum absolute atomic E-state index is 9.58. The van der Waals surface area contributed by atoms with Gasteiger partial charge in [-0.1, -0.05) is 13.3 Å². The summed E-state index contributed by atoms with van der Waals surface area (Å²) >= 11 is 0. The molecular formula is C17H37N3O. The first-order valence-electron chi connectivity index (χ1n) is 8.72. The largest absolute Gasteiger partial charge is 0.394 e. The van der Waals surface area contributed by atoms with Crippen molar-refractivity contribution in [2.45, 2.75) is 71.0 Å². The molecule has 1 fully saturated rings. The standard InChI is InChI=1S/C17H37N3O/c1-6-10-18-17(4,14-21)9-7-8-11-20-12-15(2)19(5)16(3)13-20/h15-16,18,21H,6-14H2,1-5H3. The lowest BCUT2D eigenvalue weighted by molar-refractivity contribution is 0.0583. The first-order chi connectivity index (χ1) is 9.91. The predicted molar refractivity (Wildman–Crippen MR) is 90.8 cm³/mol. The van der Waals surface area contributed by atoms with Crippen LogP contribution in [-0.4, -0.2) is 72.4 Å². The van der Waals surface area contributed by atoms with Crippen LogP contribution in [0.2, 0.25) is 0 Å². The Labute approximate surface area is 131 Å². The van der Waals surface area contributed by atoms with Crippen molar-refractivity contribution in [1.29, 1.82) is 0 Å². The summed E-state index contributed by atoms with van der Waals surface area (Å²) in [7, 11) is 2.23. The number of unbranched alkanes of at least 4 members (excludes halogenated alkanes) is 1. The average Bonchev–Trinajstić information content (AvgIpc) is 2.47. The van der Waals surface area contributed by atoms with Crippen LogP contribution in [0.4, 0.5) is 0 Å². The van der Waals surface area contributed by atoms with Gasteiger partial charge in [-0.3, -0.25) is 4.90 Å². The molecule has 1 aliphatic rings. The Morgan fingerprint density at radius 2 is 1.81 bits per heavy atom. The SMILES string of the molecule is CCCNC(C)(CO)CCCCN1CC(C)N(C)C(C)C1. The summed E-state index contributed by atoms with van der Waals surface area (Å²) in [5, 5.41) is 13.1. The summed E-state index contributed by atoms with van der Waals surface area (Å²) in [6.07, 6.45) is 4.59. The van der Waals surface area contributed by atoms with Gasteiger partial charge in [0.15, 0.2) is 0 Å². The van der Waals surface area contributed by atoms with Crippen molar-refractivity contribution in [3.8, 4) is 0 Å². The van der Waals surface area contributed by atoms with Crippen molar-refractivity contribution in [1.82, 2.24) is 15.1 Å². The van der Waals surface area contributed by atoms with Gasteiger partial charge in [0.05, 0.1) is 6.61 Å². The van der Waals surface area contributed by atoms with Crippen LogP contribution < -0.4 is 5.32 Å². The van der Waals surface area contributed by atoms with Gasteiger partial charge in [0, 0.05) is 30.7 Å². The molecule has 4 nitrogen and oxygen atoms in total. The second-order valence-corrected chi connectivity index (χ2v) is 7.23. The van der Waals surface area contributed by atoms with Crippen molar-refractivity contribution in [3.05, 3.63) is 0 Å². The summed E-state index contributed by atoms with van der Waals surface area (Å²) in [4.78, 5) is 5.08. The van der Waals surface area contributed by atoms with E-state index < -0.39 is 0 Å². The highest BCUT2D eigenvalue weighted by molar-refractivity contribution is 4.84. The van der Waals surface area contributed by atoms with Gasteiger partial charge in [-0.15, -0.1) is 0 Å². The smallest absolute Gasteiger partial charge is 0.0610 e. The fraction of sp³-hybridized carbons (Fsp3) is 1.00. The highest BCUT2D eigenvalue weighted by Gasteiger charge is 2.26. The Bertz CT molecular complexity index is 275. The van der Waals surface area contributed by atoms with E-state index in [1.165, 1.54) is 32.5 Å². The van der Waals surface area contributed by atoms with Crippen molar-refractivity contribution >= 4 is 0 Å². The first kappa shape index (κ1) is 18.9. The third kappa shape index (κ3) is 6.23. The van der Waals surface area contributed by atoms with E-state index in [9.17, 15) is 5.11 Å². The highest BCUT2D eigenvalue weighted by Crippen LogP contribution is 2.16. The molecule has 1 aliphatic heterocycles. The molecule has 0 aliphatic carbocycles. The molecule has 0 bridgehead atoms. The number of likely N-dealkylation sites (N-methyl/N-ethyl adjacent to an activating group) is 1. The van der Waals surface area contributed by atoms with Gasteiger partial charge >= 0.3 is 0 Å². The van der Waals surface area contributed by atoms with Gasteiger partial charge < -0.3 is 15.3 Å². The molecule has 2 N–H and O–H groups in total. The number of nitrogens with zero attached hydrogens (tertiary/aromatic N) is 2. The Morgan fingerprint density at radius 3 is 2.33 bits per heavy atom. The molecule has 0 amide bonds. The van der Waals surface area contributed by atoms with Crippen LogP contribution in [0.1, 0.15) is 53.4 Å². The highest BCUT2D eigenvalue weighted by atomic mass is 16.3. The molecule has 3 atom stereocenters. The molecule has 0 aromatic carbocycles. The molecule has 1 heterocycles. The van der Waals surface area contributed by atoms with Crippen molar-refractivity contribution < 1.29 is 5.11 Å². The van der Waals surface area contributed by atoms with E-state index in [4.69, 9.17) is 0 Å². The molecule has 3 unspecified atom stereocenters. The van der Waals surface area contributed by atoms with E-state index in [0.29, 0.717) is 12.1 Å². The van der Waals surface area contributed by atoms with Gasteiger partial charge in [0.2, 0.25) is 0 Å². The Morgan fingerprint density at radius 1 is 1.19 bits per heavy atom. The molecule has 126 valence electrons. The summed E-state index contributed by atoms with van der Waals surface area (Å²) < 4.78 is 0. The zero-order valence-corrected chi connectivity index (χ0v) is 14.9. The molecule has 0 aromatic rings.